The zero-order valence-electron chi connectivity index (χ0n) is 14.5. The lowest BCUT2D eigenvalue weighted by Crippen LogP contribution is -2.46. The van der Waals surface area contributed by atoms with Crippen LogP contribution in [0.2, 0.25) is 0 Å². The first-order valence-corrected chi connectivity index (χ1v) is 8.43. The zero-order chi connectivity index (χ0) is 18.4. The molecular weight excluding hydrogens is 339 g/mol. The molecule has 7 nitrogen and oxygen atoms in total. The Morgan fingerprint density at radius 2 is 2.12 bits per heavy atom. The molecule has 8 heteroatoms. The van der Waals surface area contributed by atoms with E-state index in [1.807, 2.05) is 0 Å². The number of aromatic nitrogens is 2. The van der Waals surface area contributed by atoms with Crippen molar-refractivity contribution in [2.24, 2.45) is 0 Å². The van der Waals surface area contributed by atoms with E-state index in [4.69, 9.17) is 9.47 Å². The lowest BCUT2D eigenvalue weighted by molar-refractivity contribution is 0.110. The molecule has 1 N–H and O–H groups in total. The Morgan fingerprint density at radius 3 is 2.81 bits per heavy atom. The summed E-state index contributed by atoms with van der Waals surface area (Å²) in [7, 11) is 1.59. The van der Waals surface area contributed by atoms with Crippen molar-refractivity contribution in [3.8, 4) is 11.5 Å². The summed E-state index contributed by atoms with van der Waals surface area (Å²) in [6.45, 7) is 1.54. The van der Waals surface area contributed by atoms with Gasteiger partial charge in [0.05, 0.1) is 13.3 Å². The van der Waals surface area contributed by atoms with Crippen LogP contribution in [0.5, 0.6) is 11.5 Å². The molecule has 0 radical (unpaired) electrons. The number of halogens is 1. The molecule has 2 aromatic rings. The molecule has 3 rings (SSSR count). The quantitative estimate of drug-likeness (QED) is 0.829. The summed E-state index contributed by atoms with van der Waals surface area (Å²) >= 11 is 0. The van der Waals surface area contributed by atoms with Crippen LogP contribution in [-0.2, 0) is 6.54 Å². The SMILES string of the molecule is COc1ccncc1CNC(=O)N1CCC(Oc2ccc(F)nc2)CC1. The second-order valence-corrected chi connectivity index (χ2v) is 5.97. The Kier molecular flexibility index (Phi) is 5.83. The molecule has 0 atom stereocenters. The van der Waals surface area contributed by atoms with Gasteiger partial charge in [0, 0.05) is 50.4 Å². The summed E-state index contributed by atoms with van der Waals surface area (Å²) in [6.07, 6.45) is 6.10. The van der Waals surface area contributed by atoms with Crippen molar-refractivity contribution in [2.45, 2.75) is 25.5 Å². The molecule has 0 unspecified atom stereocenters. The van der Waals surface area contributed by atoms with Gasteiger partial charge in [0.2, 0.25) is 5.95 Å². The van der Waals surface area contributed by atoms with Crippen LogP contribution in [0.4, 0.5) is 9.18 Å². The van der Waals surface area contributed by atoms with E-state index in [-0.39, 0.29) is 12.1 Å². The molecule has 2 amide bonds. The van der Waals surface area contributed by atoms with Gasteiger partial charge in [-0.3, -0.25) is 4.98 Å². The number of hydrogen-bond donors (Lipinski definition) is 1. The summed E-state index contributed by atoms with van der Waals surface area (Å²) < 4.78 is 23.9. The molecular formula is C18H21FN4O3. The number of methoxy groups -OCH3 is 1. The van der Waals surface area contributed by atoms with Crippen molar-refractivity contribution >= 4 is 6.03 Å². The maximum atomic E-state index is 12.8. The second kappa shape index (κ2) is 8.46. The van der Waals surface area contributed by atoms with Crippen LogP contribution in [-0.4, -0.2) is 47.2 Å². The van der Waals surface area contributed by atoms with Crippen molar-refractivity contribution in [3.05, 3.63) is 48.3 Å². The number of amides is 2. The molecule has 0 saturated carbocycles. The smallest absolute Gasteiger partial charge is 0.317 e. The van der Waals surface area contributed by atoms with Crippen molar-refractivity contribution in [3.63, 3.8) is 0 Å². The Bertz CT molecular complexity index is 733. The van der Waals surface area contributed by atoms with E-state index in [0.29, 0.717) is 44.0 Å². The molecule has 1 saturated heterocycles. The van der Waals surface area contributed by atoms with Gasteiger partial charge in [0.1, 0.15) is 17.6 Å². The third-order valence-corrected chi connectivity index (χ3v) is 4.24. The zero-order valence-corrected chi connectivity index (χ0v) is 14.5. The fourth-order valence-electron chi connectivity index (χ4n) is 2.83. The maximum absolute atomic E-state index is 12.8. The molecule has 1 aliphatic rings. The first kappa shape index (κ1) is 17.9. The number of ether oxygens (including phenoxy) is 2. The molecule has 3 heterocycles. The normalized spacial score (nSPS) is 14.8. The van der Waals surface area contributed by atoms with E-state index in [0.717, 1.165) is 5.56 Å². The van der Waals surface area contributed by atoms with Crippen LogP contribution in [0, 0.1) is 5.95 Å². The summed E-state index contributed by atoms with van der Waals surface area (Å²) in [5, 5.41) is 2.89. The third kappa shape index (κ3) is 4.59. The van der Waals surface area contributed by atoms with Gasteiger partial charge in [-0.1, -0.05) is 0 Å². The van der Waals surface area contributed by atoms with E-state index >= 15 is 0 Å². The number of hydrogen-bond acceptors (Lipinski definition) is 5. The summed E-state index contributed by atoms with van der Waals surface area (Å²) in [4.78, 5) is 21.7. The lowest BCUT2D eigenvalue weighted by atomic mass is 10.1. The van der Waals surface area contributed by atoms with Gasteiger partial charge in [-0.25, -0.2) is 9.78 Å². The van der Waals surface area contributed by atoms with E-state index in [1.165, 1.54) is 12.3 Å². The highest BCUT2D eigenvalue weighted by molar-refractivity contribution is 5.74. The van der Waals surface area contributed by atoms with Crippen molar-refractivity contribution < 1.29 is 18.7 Å². The molecule has 0 spiro atoms. The van der Waals surface area contributed by atoms with Crippen LogP contribution < -0.4 is 14.8 Å². The highest BCUT2D eigenvalue weighted by Crippen LogP contribution is 2.19. The number of pyridine rings is 2. The van der Waals surface area contributed by atoms with Crippen LogP contribution in [0.1, 0.15) is 18.4 Å². The van der Waals surface area contributed by atoms with E-state index in [2.05, 4.69) is 15.3 Å². The Hall–Kier alpha value is -2.90. The molecule has 1 aliphatic heterocycles. The summed E-state index contributed by atoms with van der Waals surface area (Å²) in [5.41, 5.74) is 0.824. The van der Waals surface area contributed by atoms with Gasteiger partial charge in [-0.05, 0) is 18.2 Å². The van der Waals surface area contributed by atoms with Gasteiger partial charge >= 0.3 is 6.03 Å². The van der Waals surface area contributed by atoms with Crippen molar-refractivity contribution in [2.75, 3.05) is 20.2 Å². The van der Waals surface area contributed by atoms with Gasteiger partial charge in [0.15, 0.2) is 0 Å². The Morgan fingerprint density at radius 1 is 1.31 bits per heavy atom. The second-order valence-electron chi connectivity index (χ2n) is 5.97. The number of carbonyl (C=O) groups excluding carboxylic acids is 1. The topological polar surface area (TPSA) is 76.6 Å². The Balaban J connectivity index is 1.45. The minimum absolute atomic E-state index is 0.00951. The highest BCUT2D eigenvalue weighted by atomic mass is 19.1. The van der Waals surface area contributed by atoms with Gasteiger partial charge in [-0.15, -0.1) is 0 Å². The number of piperidine rings is 1. The minimum Gasteiger partial charge on any atom is -0.496 e. The minimum atomic E-state index is -0.533. The highest BCUT2D eigenvalue weighted by Gasteiger charge is 2.24. The molecule has 26 heavy (non-hydrogen) atoms. The average Bonchev–Trinajstić information content (AvgIpc) is 2.68. The summed E-state index contributed by atoms with van der Waals surface area (Å²) in [6, 6.07) is 4.46. The lowest BCUT2D eigenvalue weighted by Gasteiger charge is -2.32. The summed E-state index contributed by atoms with van der Waals surface area (Å²) in [5.74, 6) is 0.701. The van der Waals surface area contributed by atoms with E-state index in [9.17, 15) is 9.18 Å². The van der Waals surface area contributed by atoms with E-state index < -0.39 is 5.95 Å². The van der Waals surface area contributed by atoms with Crippen molar-refractivity contribution in [1.29, 1.82) is 0 Å². The van der Waals surface area contributed by atoms with Crippen LogP contribution >= 0.6 is 0 Å². The number of nitrogens with one attached hydrogen (secondary N) is 1. The predicted molar refractivity (Wildman–Crippen MR) is 92.4 cm³/mol. The fourth-order valence-corrected chi connectivity index (χ4v) is 2.83. The molecule has 1 fully saturated rings. The standard InChI is InChI=1S/C18H21FN4O3/c1-25-16-4-7-20-10-13(16)11-22-18(24)23-8-5-14(6-9-23)26-15-2-3-17(19)21-12-15/h2-4,7,10,12,14H,5-6,8-9,11H2,1H3,(H,22,24). The van der Waals surface area contributed by atoms with E-state index in [1.54, 1.807) is 36.5 Å². The number of urea groups is 1. The molecule has 138 valence electrons. The number of rotatable bonds is 5. The van der Waals surface area contributed by atoms with Crippen LogP contribution in [0.15, 0.2) is 36.8 Å². The molecule has 0 aromatic carbocycles. The van der Waals surface area contributed by atoms with Gasteiger partial charge < -0.3 is 19.7 Å². The largest absolute Gasteiger partial charge is 0.496 e. The monoisotopic (exact) mass is 360 g/mol. The van der Waals surface area contributed by atoms with Gasteiger partial charge in [-0.2, -0.15) is 4.39 Å². The fraction of sp³-hybridized carbons (Fsp3) is 0.389. The third-order valence-electron chi connectivity index (χ3n) is 4.24. The maximum Gasteiger partial charge on any atom is 0.317 e. The predicted octanol–water partition coefficient (Wildman–Crippen LogP) is 2.38. The number of likely N-dealkylation sites (tertiary alicyclic amines) is 1. The van der Waals surface area contributed by atoms with Crippen molar-refractivity contribution in [1.82, 2.24) is 20.2 Å². The van der Waals surface area contributed by atoms with Crippen LogP contribution in [0.3, 0.4) is 0 Å². The first-order valence-electron chi connectivity index (χ1n) is 8.43. The van der Waals surface area contributed by atoms with Gasteiger partial charge in [0.25, 0.3) is 0 Å². The van der Waals surface area contributed by atoms with Crippen LogP contribution in [0.25, 0.3) is 0 Å². The number of carbonyl (C=O) groups is 1. The average molecular weight is 360 g/mol. The Labute approximate surface area is 151 Å². The first-order chi connectivity index (χ1) is 12.7. The molecule has 2 aromatic heterocycles. The number of nitrogens with zero attached hydrogens (tertiary/aromatic N) is 3. The molecule has 0 aliphatic carbocycles. The molecule has 0 bridgehead atoms.